The van der Waals surface area contributed by atoms with Gasteiger partial charge in [-0.2, -0.15) is 0 Å². The quantitative estimate of drug-likeness (QED) is 0.822. The van der Waals surface area contributed by atoms with Crippen LogP contribution in [0.4, 0.5) is 5.69 Å². The number of benzene rings is 1. The molecule has 0 spiro atoms. The summed E-state index contributed by atoms with van der Waals surface area (Å²) in [6.07, 6.45) is 1.76. The first kappa shape index (κ1) is 11.3. The second-order valence-electron chi connectivity index (χ2n) is 4.29. The van der Waals surface area contributed by atoms with E-state index in [9.17, 15) is 0 Å². The van der Waals surface area contributed by atoms with Gasteiger partial charge in [0.2, 0.25) is 0 Å². The summed E-state index contributed by atoms with van der Waals surface area (Å²) in [4.78, 5) is 0. The van der Waals surface area contributed by atoms with Crippen LogP contribution in [0, 0.1) is 0 Å². The van der Waals surface area contributed by atoms with Crippen molar-refractivity contribution in [2.75, 3.05) is 11.9 Å². The summed E-state index contributed by atoms with van der Waals surface area (Å²) in [6.45, 7) is 4.39. The second kappa shape index (κ2) is 4.74. The molecule has 1 heterocycles. The number of hydrogen-bond donors (Lipinski definition) is 2. The fraction of sp³-hybridized carbons (Fsp3) is 0.538. The largest absolute Gasteiger partial charge is 0.486 e. The molecular weight excluding hydrogens is 202 g/mol. The Morgan fingerprint density at radius 2 is 2.25 bits per heavy atom. The molecule has 3 nitrogen and oxygen atoms in total. The van der Waals surface area contributed by atoms with Crippen LogP contribution in [0.1, 0.15) is 25.8 Å². The van der Waals surface area contributed by atoms with Crippen molar-refractivity contribution >= 4 is 5.69 Å². The van der Waals surface area contributed by atoms with E-state index in [0.717, 1.165) is 17.9 Å². The summed E-state index contributed by atoms with van der Waals surface area (Å²) in [7, 11) is 0. The van der Waals surface area contributed by atoms with Crippen LogP contribution in [0.3, 0.4) is 0 Å². The van der Waals surface area contributed by atoms with Crippen LogP contribution in [0.15, 0.2) is 18.2 Å². The third-order valence-electron chi connectivity index (χ3n) is 3.09. The number of hydrogen-bond acceptors (Lipinski definition) is 3. The summed E-state index contributed by atoms with van der Waals surface area (Å²) in [6, 6.07) is 6.48. The Morgan fingerprint density at radius 1 is 1.44 bits per heavy atom. The fourth-order valence-corrected chi connectivity index (χ4v) is 2.05. The lowest BCUT2D eigenvalue weighted by Gasteiger charge is -2.33. The zero-order valence-corrected chi connectivity index (χ0v) is 9.86. The monoisotopic (exact) mass is 221 g/mol. The first-order valence-corrected chi connectivity index (χ1v) is 5.91. The normalized spacial score (nSPS) is 23.2. The molecule has 1 aromatic rings. The average Bonchev–Trinajstić information content (AvgIpc) is 2.30. The van der Waals surface area contributed by atoms with Gasteiger partial charge in [0.15, 0.2) is 0 Å². The lowest BCUT2D eigenvalue weighted by molar-refractivity contribution is 0.134. The molecule has 2 N–H and O–H groups in total. The van der Waals surface area contributed by atoms with Gasteiger partial charge in [-0.1, -0.05) is 13.0 Å². The maximum absolute atomic E-state index is 8.96. The number of nitrogens with one attached hydrogen (secondary N) is 1. The average molecular weight is 221 g/mol. The zero-order valence-electron chi connectivity index (χ0n) is 9.86. The molecule has 0 aliphatic carbocycles. The maximum atomic E-state index is 8.96. The highest BCUT2D eigenvalue weighted by Crippen LogP contribution is 2.33. The number of rotatable bonds is 3. The fourth-order valence-electron chi connectivity index (χ4n) is 2.05. The number of fused-ring (bicyclic) bond motifs is 1. The van der Waals surface area contributed by atoms with Crippen LogP contribution in [0.5, 0.6) is 5.75 Å². The first-order valence-electron chi connectivity index (χ1n) is 5.91. The molecule has 2 rings (SSSR count). The minimum atomic E-state index is 0.0602. The molecule has 0 fully saturated rings. The van der Waals surface area contributed by atoms with E-state index in [2.05, 4.69) is 31.3 Å². The van der Waals surface area contributed by atoms with Crippen LogP contribution in [-0.4, -0.2) is 23.9 Å². The van der Waals surface area contributed by atoms with Crippen LogP contribution in [0.25, 0.3) is 0 Å². The molecule has 88 valence electrons. The predicted molar refractivity (Wildman–Crippen MR) is 65.0 cm³/mol. The van der Waals surface area contributed by atoms with Gasteiger partial charge in [-0.3, -0.25) is 0 Å². The lowest BCUT2D eigenvalue weighted by Crippen LogP contribution is -2.39. The molecule has 16 heavy (non-hydrogen) atoms. The van der Waals surface area contributed by atoms with E-state index in [1.807, 2.05) is 6.07 Å². The smallest absolute Gasteiger partial charge is 0.142 e. The van der Waals surface area contributed by atoms with Crippen LogP contribution in [-0.2, 0) is 6.42 Å². The summed E-state index contributed by atoms with van der Waals surface area (Å²) in [5, 5.41) is 12.4. The van der Waals surface area contributed by atoms with Gasteiger partial charge < -0.3 is 15.2 Å². The van der Waals surface area contributed by atoms with E-state index >= 15 is 0 Å². The van der Waals surface area contributed by atoms with Crippen LogP contribution >= 0.6 is 0 Å². The van der Waals surface area contributed by atoms with Crippen molar-refractivity contribution in [3.05, 3.63) is 23.8 Å². The van der Waals surface area contributed by atoms with Gasteiger partial charge in [0.25, 0.3) is 0 Å². The summed E-state index contributed by atoms with van der Waals surface area (Å²) < 4.78 is 5.86. The highest BCUT2D eigenvalue weighted by Gasteiger charge is 2.25. The minimum absolute atomic E-state index is 0.0602. The Bertz CT molecular complexity index is 365. The van der Waals surface area contributed by atoms with Crippen molar-refractivity contribution < 1.29 is 9.84 Å². The molecular formula is C13H19NO2. The van der Waals surface area contributed by atoms with E-state index in [1.54, 1.807) is 0 Å². The van der Waals surface area contributed by atoms with Crippen LogP contribution in [0.2, 0.25) is 0 Å². The van der Waals surface area contributed by atoms with E-state index in [0.29, 0.717) is 6.42 Å². The van der Waals surface area contributed by atoms with E-state index in [4.69, 9.17) is 9.84 Å². The molecule has 0 radical (unpaired) electrons. The van der Waals surface area contributed by atoms with Crippen molar-refractivity contribution in [3.8, 4) is 5.75 Å². The number of anilines is 1. The van der Waals surface area contributed by atoms with Gasteiger partial charge in [-0.25, -0.2) is 0 Å². The van der Waals surface area contributed by atoms with Crippen molar-refractivity contribution in [2.24, 2.45) is 0 Å². The molecule has 1 aromatic carbocycles. The number of aliphatic hydroxyl groups is 1. The molecule has 2 unspecified atom stereocenters. The SMILES string of the molecule is CCc1ccc2c(c1)NC(C)C(CCO)O2. The van der Waals surface area contributed by atoms with Gasteiger partial charge in [0.05, 0.1) is 11.7 Å². The summed E-state index contributed by atoms with van der Waals surface area (Å²) in [5.74, 6) is 0.897. The molecule has 0 saturated carbocycles. The van der Waals surface area contributed by atoms with Gasteiger partial charge in [-0.05, 0) is 31.0 Å². The first-order chi connectivity index (χ1) is 7.74. The van der Waals surface area contributed by atoms with Crippen molar-refractivity contribution in [2.45, 2.75) is 38.8 Å². The molecule has 1 aliphatic heterocycles. The predicted octanol–water partition coefficient (Wildman–Crippen LogP) is 2.19. The summed E-state index contributed by atoms with van der Waals surface area (Å²) >= 11 is 0. The van der Waals surface area contributed by atoms with Gasteiger partial charge >= 0.3 is 0 Å². The topological polar surface area (TPSA) is 41.5 Å². The Hall–Kier alpha value is -1.22. The Balaban J connectivity index is 2.20. The van der Waals surface area contributed by atoms with E-state index in [1.165, 1.54) is 5.56 Å². The lowest BCUT2D eigenvalue weighted by atomic mass is 10.0. The molecule has 0 amide bonds. The standard InChI is InChI=1S/C13H19NO2/c1-3-10-4-5-13-11(8-10)14-9(2)12(16-13)6-7-15/h4-5,8-9,12,14-15H,3,6-7H2,1-2H3. The van der Waals surface area contributed by atoms with Crippen LogP contribution < -0.4 is 10.1 Å². The number of ether oxygens (including phenoxy) is 1. The number of aryl methyl sites for hydroxylation is 1. The molecule has 3 heteroatoms. The molecule has 1 aliphatic rings. The second-order valence-corrected chi connectivity index (χ2v) is 4.29. The highest BCUT2D eigenvalue weighted by molar-refractivity contribution is 5.60. The molecule has 0 aromatic heterocycles. The minimum Gasteiger partial charge on any atom is -0.486 e. The van der Waals surface area contributed by atoms with E-state index < -0.39 is 0 Å². The Kier molecular flexibility index (Phi) is 3.34. The molecule has 2 atom stereocenters. The maximum Gasteiger partial charge on any atom is 0.142 e. The van der Waals surface area contributed by atoms with Gasteiger partial charge in [0, 0.05) is 13.0 Å². The van der Waals surface area contributed by atoms with Crippen molar-refractivity contribution in [3.63, 3.8) is 0 Å². The zero-order chi connectivity index (χ0) is 11.5. The van der Waals surface area contributed by atoms with Crippen molar-refractivity contribution in [1.82, 2.24) is 0 Å². The Labute approximate surface area is 96.4 Å². The summed E-state index contributed by atoms with van der Waals surface area (Å²) in [5.41, 5.74) is 2.38. The van der Waals surface area contributed by atoms with Crippen molar-refractivity contribution in [1.29, 1.82) is 0 Å². The number of aliphatic hydroxyl groups excluding tert-OH is 1. The highest BCUT2D eigenvalue weighted by atomic mass is 16.5. The Morgan fingerprint density at radius 3 is 2.94 bits per heavy atom. The van der Waals surface area contributed by atoms with E-state index in [-0.39, 0.29) is 18.8 Å². The van der Waals surface area contributed by atoms with Gasteiger partial charge in [0.1, 0.15) is 11.9 Å². The molecule has 0 saturated heterocycles. The molecule has 0 bridgehead atoms. The van der Waals surface area contributed by atoms with Gasteiger partial charge in [-0.15, -0.1) is 0 Å². The third kappa shape index (κ3) is 2.14. The third-order valence-corrected chi connectivity index (χ3v) is 3.09.